The predicted molar refractivity (Wildman–Crippen MR) is 164 cm³/mol. The second-order valence-corrected chi connectivity index (χ2v) is 10.4. The highest BCUT2D eigenvalue weighted by atomic mass is 16.7. The van der Waals surface area contributed by atoms with Gasteiger partial charge in [-0.2, -0.15) is 5.10 Å². The molecule has 0 amide bonds. The van der Waals surface area contributed by atoms with Gasteiger partial charge in [0.1, 0.15) is 0 Å². The Morgan fingerprint density at radius 1 is 0.907 bits per heavy atom. The van der Waals surface area contributed by atoms with Gasteiger partial charge in [0, 0.05) is 17.3 Å². The van der Waals surface area contributed by atoms with Crippen LogP contribution in [0, 0.1) is 6.92 Å². The van der Waals surface area contributed by atoms with Crippen molar-refractivity contribution in [1.29, 1.82) is 0 Å². The molecule has 2 N–H and O–H groups in total. The lowest BCUT2D eigenvalue weighted by Gasteiger charge is -2.40. The van der Waals surface area contributed by atoms with E-state index in [2.05, 4.69) is 10.2 Å². The Morgan fingerprint density at radius 3 is 2.58 bits per heavy atom. The summed E-state index contributed by atoms with van der Waals surface area (Å²) in [6, 6.07) is 28.7. The van der Waals surface area contributed by atoms with Gasteiger partial charge in [-0.05, 0) is 61.0 Å². The topological polar surface area (TPSA) is 106 Å². The van der Waals surface area contributed by atoms with Crippen LogP contribution in [0.1, 0.15) is 22.9 Å². The number of nitrogens with zero attached hydrogens (tertiary/aromatic N) is 5. The molecular formula is C33H26N6O4. The standard InChI is InChI=1S/C33H26N6O4/c1-19-29-30(20-12-14-25(40)27(16-20)41-2)38-24-11-7-6-10-23(24)35-31(34-21-13-15-26-28(17-21)43-18-42-26)33(38)36-32(29)39(37-19)22-8-4-3-5-9-22/h3-17,30,40H,18H2,1-2H3,(H,34,35)/t30-/m1/s1. The molecular weight excluding hydrogens is 544 g/mol. The number of para-hydroxylation sites is 3. The van der Waals surface area contributed by atoms with Gasteiger partial charge in [-0.15, -0.1) is 0 Å². The van der Waals surface area contributed by atoms with Crippen LogP contribution in [-0.4, -0.2) is 40.5 Å². The van der Waals surface area contributed by atoms with Crippen molar-refractivity contribution in [1.82, 2.24) is 9.78 Å². The summed E-state index contributed by atoms with van der Waals surface area (Å²) in [5.41, 5.74) is 6.04. The molecule has 0 radical (unpaired) electrons. The Kier molecular flexibility index (Phi) is 5.61. The maximum atomic E-state index is 10.5. The van der Waals surface area contributed by atoms with Crippen LogP contribution < -0.4 is 24.4 Å². The zero-order valence-electron chi connectivity index (χ0n) is 23.4. The fraction of sp³-hybridized carbons (Fsp3) is 0.121. The van der Waals surface area contributed by atoms with E-state index in [0.29, 0.717) is 34.7 Å². The molecule has 4 heterocycles. The van der Waals surface area contributed by atoms with Crippen LogP contribution in [0.2, 0.25) is 0 Å². The SMILES string of the molecule is COc1cc([C@@H]2c3c(C)nn(-c4ccccc4)c3N=C3C(Nc4ccc5c(c4)OCO5)=Nc4ccccc4N32)ccc1O. The Labute approximate surface area is 247 Å². The van der Waals surface area contributed by atoms with Crippen molar-refractivity contribution in [3.8, 4) is 28.7 Å². The number of aromatic nitrogens is 2. The molecule has 0 aliphatic carbocycles. The molecule has 0 unspecified atom stereocenters. The van der Waals surface area contributed by atoms with Gasteiger partial charge >= 0.3 is 0 Å². The molecule has 10 nitrogen and oxygen atoms in total. The number of ether oxygens (including phenoxy) is 3. The lowest BCUT2D eigenvalue weighted by atomic mass is 9.93. The van der Waals surface area contributed by atoms with E-state index in [4.69, 9.17) is 29.3 Å². The lowest BCUT2D eigenvalue weighted by Crippen LogP contribution is -2.46. The van der Waals surface area contributed by atoms with Gasteiger partial charge in [0.25, 0.3) is 0 Å². The van der Waals surface area contributed by atoms with Crippen LogP contribution in [0.3, 0.4) is 0 Å². The third kappa shape index (κ3) is 3.98. The van der Waals surface area contributed by atoms with E-state index in [1.165, 1.54) is 0 Å². The smallest absolute Gasteiger partial charge is 0.231 e. The van der Waals surface area contributed by atoms with E-state index in [1.54, 1.807) is 13.2 Å². The van der Waals surface area contributed by atoms with Crippen molar-refractivity contribution in [2.75, 3.05) is 24.1 Å². The van der Waals surface area contributed by atoms with Crippen LogP contribution in [0.4, 0.5) is 22.9 Å². The van der Waals surface area contributed by atoms with Crippen LogP contribution in [0.15, 0.2) is 101 Å². The summed E-state index contributed by atoms with van der Waals surface area (Å²) in [7, 11) is 1.55. The van der Waals surface area contributed by atoms with Crippen LogP contribution in [0.25, 0.3) is 5.69 Å². The van der Waals surface area contributed by atoms with Crippen molar-refractivity contribution in [3.63, 3.8) is 0 Å². The maximum absolute atomic E-state index is 10.5. The molecule has 3 aliphatic heterocycles. The number of methoxy groups -OCH3 is 1. The third-order valence-electron chi connectivity index (χ3n) is 7.79. The molecule has 0 saturated heterocycles. The van der Waals surface area contributed by atoms with Crippen molar-refractivity contribution in [2.45, 2.75) is 13.0 Å². The Balaban J connectivity index is 1.37. The van der Waals surface area contributed by atoms with Gasteiger partial charge in [0.15, 0.2) is 40.5 Å². The number of aryl methyl sites for hydroxylation is 1. The molecule has 43 heavy (non-hydrogen) atoms. The zero-order valence-corrected chi connectivity index (χ0v) is 23.4. The molecule has 8 rings (SSSR count). The molecule has 0 saturated carbocycles. The monoisotopic (exact) mass is 570 g/mol. The quantitative estimate of drug-likeness (QED) is 0.257. The molecule has 4 aromatic carbocycles. The first kappa shape index (κ1) is 25.0. The molecule has 0 bridgehead atoms. The van der Waals surface area contributed by atoms with E-state index >= 15 is 0 Å². The minimum absolute atomic E-state index is 0.0682. The number of phenolic OH excluding ortho intramolecular Hbond substituents is 1. The van der Waals surface area contributed by atoms with E-state index in [0.717, 1.165) is 39.6 Å². The fourth-order valence-corrected chi connectivity index (χ4v) is 5.84. The molecule has 10 heteroatoms. The average molecular weight is 571 g/mol. The van der Waals surface area contributed by atoms with E-state index in [9.17, 15) is 5.11 Å². The highest BCUT2D eigenvalue weighted by Crippen LogP contribution is 2.49. The molecule has 0 spiro atoms. The van der Waals surface area contributed by atoms with Crippen molar-refractivity contribution >= 4 is 34.6 Å². The van der Waals surface area contributed by atoms with Crippen molar-refractivity contribution in [2.24, 2.45) is 9.98 Å². The Bertz CT molecular complexity index is 1970. The number of hydrogen-bond acceptors (Lipinski definition) is 9. The number of rotatable bonds is 4. The first-order valence-corrected chi connectivity index (χ1v) is 13.8. The Hall–Kier alpha value is -5.77. The number of nitrogens with one attached hydrogen (secondary N) is 1. The largest absolute Gasteiger partial charge is 0.504 e. The van der Waals surface area contributed by atoms with Crippen LogP contribution in [0.5, 0.6) is 23.0 Å². The van der Waals surface area contributed by atoms with E-state index in [1.807, 2.05) is 96.5 Å². The normalized spacial score (nSPS) is 16.0. The second kappa shape index (κ2) is 9.66. The Morgan fingerprint density at radius 2 is 1.72 bits per heavy atom. The average Bonchev–Trinajstić information content (AvgIpc) is 3.65. The minimum Gasteiger partial charge on any atom is -0.504 e. The number of benzene rings is 4. The number of anilines is 2. The third-order valence-corrected chi connectivity index (χ3v) is 7.79. The molecule has 5 aromatic rings. The molecule has 1 aromatic heterocycles. The number of aliphatic imine (C=N–C) groups is 2. The number of phenols is 1. The first-order chi connectivity index (χ1) is 21.1. The summed E-state index contributed by atoms with van der Waals surface area (Å²) in [6.45, 7) is 2.19. The maximum Gasteiger partial charge on any atom is 0.231 e. The summed E-state index contributed by atoms with van der Waals surface area (Å²) < 4.78 is 18.5. The number of aromatic hydroxyl groups is 1. The van der Waals surface area contributed by atoms with Crippen molar-refractivity contribution in [3.05, 3.63) is 108 Å². The zero-order chi connectivity index (χ0) is 29.1. The highest BCUT2D eigenvalue weighted by molar-refractivity contribution is 6.51. The summed E-state index contributed by atoms with van der Waals surface area (Å²) in [4.78, 5) is 12.5. The highest BCUT2D eigenvalue weighted by Gasteiger charge is 2.41. The summed E-state index contributed by atoms with van der Waals surface area (Å²) in [5.74, 6) is 3.71. The first-order valence-electron chi connectivity index (χ1n) is 13.8. The van der Waals surface area contributed by atoms with Gasteiger partial charge in [0.2, 0.25) is 6.79 Å². The van der Waals surface area contributed by atoms with Gasteiger partial charge in [-0.25, -0.2) is 14.7 Å². The second-order valence-electron chi connectivity index (χ2n) is 10.4. The van der Waals surface area contributed by atoms with E-state index in [-0.39, 0.29) is 18.6 Å². The summed E-state index contributed by atoms with van der Waals surface area (Å²) in [5, 5.41) is 18.9. The van der Waals surface area contributed by atoms with Crippen LogP contribution >= 0.6 is 0 Å². The van der Waals surface area contributed by atoms with Gasteiger partial charge in [-0.1, -0.05) is 36.4 Å². The number of amidine groups is 2. The fourth-order valence-electron chi connectivity index (χ4n) is 5.84. The van der Waals surface area contributed by atoms with Gasteiger partial charge in [0.05, 0.1) is 35.9 Å². The van der Waals surface area contributed by atoms with E-state index < -0.39 is 0 Å². The minimum atomic E-state index is -0.361. The molecule has 0 fully saturated rings. The number of fused-ring (bicyclic) bond motifs is 5. The lowest BCUT2D eigenvalue weighted by molar-refractivity contribution is 0.174. The molecule has 3 aliphatic rings. The predicted octanol–water partition coefficient (Wildman–Crippen LogP) is 6.42. The van der Waals surface area contributed by atoms with Crippen molar-refractivity contribution < 1.29 is 19.3 Å². The van der Waals surface area contributed by atoms with Gasteiger partial charge < -0.3 is 29.5 Å². The number of hydrogen-bond donors (Lipinski definition) is 2. The molecule has 212 valence electrons. The summed E-state index contributed by atoms with van der Waals surface area (Å²) in [6.07, 6.45) is 0. The van der Waals surface area contributed by atoms with Gasteiger partial charge in [-0.3, -0.25) is 0 Å². The van der Waals surface area contributed by atoms with Crippen LogP contribution in [-0.2, 0) is 0 Å². The summed E-state index contributed by atoms with van der Waals surface area (Å²) >= 11 is 0. The molecule has 1 atom stereocenters.